The summed E-state index contributed by atoms with van der Waals surface area (Å²) >= 11 is 0. The number of rotatable bonds is 3. The van der Waals surface area contributed by atoms with Crippen molar-refractivity contribution in [2.75, 3.05) is 7.11 Å². The summed E-state index contributed by atoms with van der Waals surface area (Å²) in [5.41, 5.74) is 5.00. The van der Waals surface area contributed by atoms with Crippen LogP contribution in [0.1, 0.15) is 24.1 Å². The topological polar surface area (TPSA) is 47.3 Å². The Kier molecular flexibility index (Phi) is 3.28. The molecule has 0 amide bonds. The fraction of sp³-hybridized carbons (Fsp3) is 0.400. The first-order valence-electron chi connectivity index (χ1n) is 4.29. The van der Waals surface area contributed by atoms with Gasteiger partial charge in [-0.25, -0.2) is 0 Å². The summed E-state index contributed by atoms with van der Waals surface area (Å²) in [6, 6.07) is 6.21. The highest BCUT2D eigenvalue weighted by atomic mass is 16.5. The van der Waals surface area contributed by atoms with Crippen LogP contribution in [0.25, 0.3) is 0 Å². The first-order chi connectivity index (χ1) is 6.19. The zero-order valence-electron chi connectivity index (χ0n) is 8.29. The summed E-state index contributed by atoms with van der Waals surface area (Å²) in [6.45, 7) is 4.03. The maximum absolute atomic E-state index is 5.34. The predicted molar refractivity (Wildman–Crippen MR) is 53.5 cm³/mol. The summed E-state index contributed by atoms with van der Waals surface area (Å²) in [7, 11) is 1.67. The van der Waals surface area contributed by atoms with E-state index in [-0.39, 0.29) is 6.04 Å². The second-order valence-electron chi connectivity index (χ2n) is 3.12. The third-order valence-electron chi connectivity index (χ3n) is 2.17. The molecule has 3 nitrogen and oxygen atoms in total. The molecule has 3 heteroatoms. The van der Waals surface area contributed by atoms with Gasteiger partial charge in [0.15, 0.2) is 0 Å². The van der Waals surface area contributed by atoms with Crippen molar-refractivity contribution in [2.24, 2.45) is 5.84 Å². The molecule has 1 rings (SSSR count). The highest BCUT2D eigenvalue weighted by Crippen LogP contribution is 2.21. The molecule has 1 aromatic rings. The van der Waals surface area contributed by atoms with Crippen LogP contribution in [0.3, 0.4) is 0 Å². The van der Waals surface area contributed by atoms with Crippen LogP contribution in [0, 0.1) is 6.92 Å². The molecule has 0 saturated heterocycles. The quantitative estimate of drug-likeness (QED) is 0.547. The number of hydrogen-bond acceptors (Lipinski definition) is 3. The van der Waals surface area contributed by atoms with E-state index < -0.39 is 0 Å². The number of hydrazine groups is 1. The molecule has 0 saturated carbocycles. The van der Waals surface area contributed by atoms with E-state index in [1.54, 1.807) is 7.11 Å². The minimum Gasteiger partial charge on any atom is -0.496 e. The molecule has 0 radical (unpaired) electrons. The van der Waals surface area contributed by atoms with Crippen LogP contribution in [-0.4, -0.2) is 7.11 Å². The zero-order valence-corrected chi connectivity index (χ0v) is 8.29. The van der Waals surface area contributed by atoms with Gasteiger partial charge in [0.25, 0.3) is 0 Å². The van der Waals surface area contributed by atoms with Gasteiger partial charge in [0.05, 0.1) is 7.11 Å². The third kappa shape index (κ3) is 2.20. The van der Waals surface area contributed by atoms with Crippen LogP contribution in [-0.2, 0) is 0 Å². The van der Waals surface area contributed by atoms with Gasteiger partial charge in [0, 0.05) is 6.04 Å². The highest BCUT2D eigenvalue weighted by Gasteiger charge is 2.04. The fourth-order valence-corrected chi connectivity index (χ4v) is 1.27. The van der Waals surface area contributed by atoms with Crippen molar-refractivity contribution >= 4 is 0 Å². The molecule has 0 bridgehead atoms. The predicted octanol–water partition coefficient (Wildman–Crippen LogP) is 1.53. The standard InChI is InChI=1S/C10H16N2O/c1-7-6-9(8(2)12-11)4-5-10(7)13-3/h4-6,8,12H,11H2,1-3H3/t8-/m0/s1. The van der Waals surface area contributed by atoms with Gasteiger partial charge in [-0.15, -0.1) is 0 Å². The smallest absolute Gasteiger partial charge is 0.121 e. The van der Waals surface area contributed by atoms with Crippen molar-refractivity contribution < 1.29 is 4.74 Å². The number of hydrogen-bond donors (Lipinski definition) is 2. The number of methoxy groups -OCH3 is 1. The van der Waals surface area contributed by atoms with Gasteiger partial charge in [0.1, 0.15) is 5.75 Å². The molecule has 0 aliphatic heterocycles. The summed E-state index contributed by atoms with van der Waals surface area (Å²) in [6.07, 6.45) is 0. The Balaban J connectivity index is 2.95. The van der Waals surface area contributed by atoms with Crippen molar-refractivity contribution in [1.82, 2.24) is 5.43 Å². The summed E-state index contributed by atoms with van der Waals surface area (Å²) in [5.74, 6) is 6.25. The lowest BCUT2D eigenvalue weighted by Crippen LogP contribution is -2.25. The first kappa shape index (κ1) is 10.0. The molecule has 3 N–H and O–H groups in total. The zero-order chi connectivity index (χ0) is 9.84. The first-order valence-corrected chi connectivity index (χ1v) is 4.29. The molecular weight excluding hydrogens is 164 g/mol. The molecule has 0 fully saturated rings. The Morgan fingerprint density at radius 2 is 2.15 bits per heavy atom. The average Bonchev–Trinajstić information content (AvgIpc) is 2.16. The Morgan fingerprint density at radius 3 is 2.62 bits per heavy atom. The SMILES string of the molecule is COc1ccc([C@H](C)NN)cc1C. The molecule has 0 spiro atoms. The summed E-state index contributed by atoms with van der Waals surface area (Å²) in [5, 5.41) is 0. The van der Waals surface area contributed by atoms with E-state index in [0.717, 1.165) is 11.3 Å². The van der Waals surface area contributed by atoms with Crippen molar-refractivity contribution in [3.63, 3.8) is 0 Å². The molecule has 1 aromatic carbocycles. The van der Waals surface area contributed by atoms with Gasteiger partial charge < -0.3 is 4.74 Å². The van der Waals surface area contributed by atoms with E-state index in [1.165, 1.54) is 5.56 Å². The van der Waals surface area contributed by atoms with E-state index >= 15 is 0 Å². The van der Waals surface area contributed by atoms with Gasteiger partial charge >= 0.3 is 0 Å². The van der Waals surface area contributed by atoms with E-state index in [4.69, 9.17) is 10.6 Å². The second-order valence-corrected chi connectivity index (χ2v) is 3.12. The maximum atomic E-state index is 5.34. The van der Waals surface area contributed by atoms with Crippen molar-refractivity contribution in [1.29, 1.82) is 0 Å². The number of nitrogens with one attached hydrogen (secondary N) is 1. The normalized spacial score (nSPS) is 12.6. The van der Waals surface area contributed by atoms with Crippen molar-refractivity contribution in [2.45, 2.75) is 19.9 Å². The number of aryl methyl sites for hydroxylation is 1. The lowest BCUT2D eigenvalue weighted by Gasteiger charge is -2.12. The Labute approximate surface area is 78.9 Å². The number of benzene rings is 1. The maximum Gasteiger partial charge on any atom is 0.121 e. The van der Waals surface area contributed by atoms with E-state index in [0.29, 0.717) is 0 Å². The Hall–Kier alpha value is -1.06. The lowest BCUT2D eigenvalue weighted by molar-refractivity contribution is 0.411. The molecule has 13 heavy (non-hydrogen) atoms. The highest BCUT2D eigenvalue weighted by molar-refractivity contribution is 5.37. The van der Waals surface area contributed by atoms with Crippen LogP contribution in [0.4, 0.5) is 0 Å². The fourth-order valence-electron chi connectivity index (χ4n) is 1.27. The average molecular weight is 180 g/mol. The van der Waals surface area contributed by atoms with E-state index in [2.05, 4.69) is 11.5 Å². The molecule has 72 valence electrons. The van der Waals surface area contributed by atoms with Gasteiger partial charge in [0.2, 0.25) is 0 Å². The molecular formula is C10H16N2O. The van der Waals surface area contributed by atoms with Gasteiger partial charge in [-0.3, -0.25) is 11.3 Å². The number of ether oxygens (including phenoxy) is 1. The van der Waals surface area contributed by atoms with Gasteiger partial charge in [-0.1, -0.05) is 12.1 Å². The van der Waals surface area contributed by atoms with Gasteiger partial charge in [-0.05, 0) is 31.0 Å². The molecule has 0 aliphatic rings. The minimum atomic E-state index is 0.171. The number of nitrogens with two attached hydrogens (primary N) is 1. The Morgan fingerprint density at radius 1 is 1.46 bits per heavy atom. The molecule has 0 heterocycles. The molecule has 0 aliphatic carbocycles. The summed E-state index contributed by atoms with van der Waals surface area (Å²) < 4.78 is 5.16. The van der Waals surface area contributed by atoms with Gasteiger partial charge in [-0.2, -0.15) is 0 Å². The molecule has 0 aromatic heterocycles. The van der Waals surface area contributed by atoms with Crippen LogP contribution < -0.4 is 16.0 Å². The van der Waals surface area contributed by atoms with E-state index in [1.807, 2.05) is 26.0 Å². The second kappa shape index (κ2) is 4.25. The van der Waals surface area contributed by atoms with E-state index in [9.17, 15) is 0 Å². The molecule has 1 atom stereocenters. The van der Waals surface area contributed by atoms with Crippen LogP contribution in [0.5, 0.6) is 5.75 Å². The largest absolute Gasteiger partial charge is 0.496 e. The monoisotopic (exact) mass is 180 g/mol. The van der Waals surface area contributed by atoms with Crippen LogP contribution >= 0.6 is 0 Å². The van der Waals surface area contributed by atoms with Crippen LogP contribution in [0.15, 0.2) is 18.2 Å². The van der Waals surface area contributed by atoms with Crippen molar-refractivity contribution in [3.8, 4) is 5.75 Å². The minimum absolute atomic E-state index is 0.171. The lowest BCUT2D eigenvalue weighted by atomic mass is 10.1. The van der Waals surface area contributed by atoms with Crippen LogP contribution in [0.2, 0.25) is 0 Å². The molecule has 0 unspecified atom stereocenters. The Bertz CT molecular complexity index is 286. The van der Waals surface area contributed by atoms with Crippen molar-refractivity contribution in [3.05, 3.63) is 29.3 Å². The third-order valence-corrected chi connectivity index (χ3v) is 2.17. The summed E-state index contributed by atoms with van der Waals surface area (Å²) in [4.78, 5) is 0.